The fraction of sp³-hybridized carbons (Fsp3) is 0.556. The van der Waals surface area contributed by atoms with Crippen molar-refractivity contribution in [1.82, 2.24) is 14.4 Å². The van der Waals surface area contributed by atoms with E-state index in [1.165, 1.54) is 0 Å². The van der Waals surface area contributed by atoms with Gasteiger partial charge in [-0.2, -0.15) is 0 Å². The van der Waals surface area contributed by atoms with E-state index in [9.17, 15) is 19.2 Å². The first kappa shape index (κ1) is 19.8. The zero-order chi connectivity index (χ0) is 19.6. The smallest absolute Gasteiger partial charge is 0.334 e. The Morgan fingerprint density at radius 3 is 2.31 bits per heavy atom. The number of methoxy groups -OCH3 is 1. The van der Waals surface area contributed by atoms with E-state index < -0.39 is 24.4 Å². The van der Waals surface area contributed by atoms with Gasteiger partial charge in [-0.3, -0.25) is 19.3 Å². The number of urea groups is 1. The topological polar surface area (TPSA) is 88.9 Å². The van der Waals surface area contributed by atoms with E-state index in [2.05, 4.69) is 0 Å². The molecule has 26 heavy (non-hydrogen) atoms. The molecule has 1 saturated heterocycles. The molecule has 8 nitrogen and oxygen atoms in total. The molecular weight excluding hydrogens is 338 g/mol. The number of hydrogen-bond acceptors (Lipinski definition) is 5. The van der Waals surface area contributed by atoms with Gasteiger partial charge in [0, 0.05) is 37.2 Å². The number of Topliss-reactive ketones (excluding diaryl/α,β-unsaturated/α-hetero) is 1. The number of ketones is 1. The van der Waals surface area contributed by atoms with Crippen LogP contribution < -0.4 is 0 Å². The average Bonchev–Trinajstić information content (AvgIpc) is 2.96. The van der Waals surface area contributed by atoms with Crippen LogP contribution in [0.3, 0.4) is 0 Å². The van der Waals surface area contributed by atoms with Crippen LogP contribution in [0, 0.1) is 19.8 Å². The van der Waals surface area contributed by atoms with Crippen LogP contribution in [-0.4, -0.2) is 64.8 Å². The molecule has 142 valence electrons. The van der Waals surface area contributed by atoms with Crippen molar-refractivity contribution in [1.29, 1.82) is 0 Å². The van der Waals surface area contributed by atoms with Crippen molar-refractivity contribution in [3.05, 3.63) is 23.0 Å². The number of imide groups is 2. The number of nitrogens with zero attached hydrogens (tertiary/aromatic N) is 3. The predicted octanol–water partition coefficient (Wildman–Crippen LogP) is 1.38. The van der Waals surface area contributed by atoms with Crippen molar-refractivity contribution in [2.75, 3.05) is 26.8 Å². The lowest BCUT2D eigenvalue weighted by atomic mass is 10.1. The third-order valence-electron chi connectivity index (χ3n) is 4.38. The van der Waals surface area contributed by atoms with Gasteiger partial charge in [-0.25, -0.2) is 9.69 Å². The van der Waals surface area contributed by atoms with Crippen LogP contribution >= 0.6 is 0 Å². The quantitative estimate of drug-likeness (QED) is 0.395. The Kier molecular flexibility index (Phi) is 5.97. The molecule has 1 aliphatic heterocycles. The van der Waals surface area contributed by atoms with Crippen molar-refractivity contribution >= 4 is 23.6 Å². The number of carbonyl (C=O) groups excluding carboxylic acids is 4. The Hall–Kier alpha value is -2.48. The lowest BCUT2D eigenvalue weighted by molar-refractivity contribution is -0.143. The number of aromatic nitrogens is 1. The second-order valence-electron chi connectivity index (χ2n) is 6.84. The predicted molar refractivity (Wildman–Crippen MR) is 93.8 cm³/mol. The van der Waals surface area contributed by atoms with Crippen LogP contribution in [0.2, 0.25) is 0 Å². The highest BCUT2D eigenvalue weighted by atomic mass is 16.5. The molecule has 8 heteroatoms. The molecule has 4 amide bonds. The highest BCUT2D eigenvalue weighted by Crippen LogP contribution is 2.19. The fourth-order valence-electron chi connectivity index (χ4n) is 3.05. The van der Waals surface area contributed by atoms with E-state index in [0.29, 0.717) is 18.7 Å². The lowest BCUT2D eigenvalue weighted by Gasteiger charge is -2.16. The summed E-state index contributed by atoms with van der Waals surface area (Å²) in [4.78, 5) is 50.8. The first-order chi connectivity index (χ1) is 12.2. The third kappa shape index (κ3) is 3.70. The Morgan fingerprint density at radius 1 is 1.12 bits per heavy atom. The maximum absolute atomic E-state index is 12.7. The molecule has 0 atom stereocenters. The minimum Gasteiger partial charge on any atom is -0.383 e. The highest BCUT2D eigenvalue weighted by molar-refractivity contribution is 6.45. The molecule has 0 aliphatic carbocycles. The molecule has 0 radical (unpaired) electrons. The number of rotatable bonds is 8. The number of hydrogen-bond donors (Lipinski definition) is 0. The fourth-order valence-corrected chi connectivity index (χ4v) is 3.05. The van der Waals surface area contributed by atoms with Crippen LogP contribution in [0.25, 0.3) is 0 Å². The molecule has 0 N–H and O–H groups in total. The maximum Gasteiger partial charge on any atom is 0.334 e. The summed E-state index contributed by atoms with van der Waals surface area (Å²) < 4.78 is 7.02. The summed E-state index contributed by atoms with van der Waals surface area (Å²) in [5.41, 5.74) is 2.07. The van der Waals surface area contributed by atoms with Crippen LogP contribution in [-0.2, 0) is 20.9 Å². The van der Waals surface area contributed by atoms with E-state index in [0.717, 1.165) is 21.2 Å². The standard InChI is InChI=1S/C18H25N3O5/c1-11(2)9-20-16(23)17(24)21(18(20)25)10-15(22)14-8-12(3)19(13(14)4)6-7-26-5/h8,11H,6-7,9-10H2,1-5H3. The van der Waals surface area contributed by atoms with Crippen molar-refractivity contribution in [2.24, 2.45) is 5.92 Å². The van der Waals surface area contributed by atoms with Gasteiger partial charge in [0.05, 0.1) is 13.2 Å². The summed E-state index contributed by atoms with van der Waals surface area (Å²) in [5, 5.41) is 0. The molecule has 0 aromatic carbocycles. The first-order valence-corrected chi connectivity index (χ1v) is 8.55. The van der Waals surface area contributed by atoms with Crippen LogP contribution in [0.5, 0.6) is 0 Å². The minimum atomic E-state index is -0.947. The molecule has 0 saturated carbocycles. The van der Waals surface area contributed by atoms with Gasteiger partial charge in [0.25, 0.3) is 0 Å². The number of aryl methyl sites for hydroxylation is 1. The monoisotopic (exact) mass is 363 g/mol. The Balaban J connectivity index is 2.18. The summed E-state index contributed by atoms with van der Waals surface area (Å²) in [5.74, 6) is -2.16. The molecule has 1 aromatic heterocycles. The van der Waals surface area contributed by atoms with Crippen molar-refractivity contribution in [3.63, 3.8) is 0 Å². The van der Waals surface area contributed by atoms with Gasteiger partial charge >= 0.3 is 17.8 Å². The normalized spacial score (nSPS) is 14.9. The summed E-state index contributed by atoms with van der Waals surface area (Å²) in [7, 11) is 1.60. The van der Waals surface area contributed by atoms with E-state index in [1.54, 1.807) is 20.1 Å². The molecule has 2 heterocycles. The largest absolute Gasteiger partial charge is 0.383 e. The third-order valence-corrected chi connectivity index (χ3v) is 4.38. The maximum atomic E-state index is 12.7. The Morgan fingerprint density at radius 2 is 1.73 bits per heavy atom. The van der Waals surface area contributed by atoms with Gasteiger partial charge in [-0.1, -0.05) is 13.8 Å². The SMILES string of the molecule is COCCn1c(C)cc(C(=O)CN2C(=O)C(=O)N(CC(C)C)C2=O)c1C. The summed E-state index contributed by atoms with van der Waals surface area (Å²) >= 11 is 0. The Bertz CT molecular complexity index is 750. The van der Waals surface area contributed by atoms with E-state index in [-0.39, 0.29) is 18.2 Å². The molecule has 0 bridgehead atoms. The second kappa shape index (κ2) is 7.82. The van der Waals surface area contributed by atoms with Gasteiger partial charge in [0.15, 0.2) is 5.78 Å². The molecule has 1 aromatic rings. The van der Waals surface area contributed by atoms with Crippen molar-refractivity contribution < 1.29 is 23.9 Å². The van der Waals surface area contributed by atoms with Crippen LogP contribution in [0.1, 0.15) is 35.6 Å². The van der Waals surface area contributed by atoms with Gasteiger partial charge < -0.3 is 9.30 Å². The van der Waals surface area contributed by atoms with Crippen molar-refractivity contribution in [3.8, 4) is 0 Å². The molecule has 1 fully saturated rings. The van der Waals surface area contributed by atoms with Crippen molar-refractivity contribution in [2.45, 2.75) is 34.2 Å². The summed E-state index contributed by atoms with van der Waals surface area (Å²) in [6.45, 7) is 8.18. The van der Waals surface area contributed by atoms with E-state index >= 15 is 0 Å². The highest BCUT2D eigenvalue weighted by Gasteiger charge is 2.45. The summed E-state index contributed by atoms with van der Waals surface area (Å²) in [6.07, 6.45) is 0. The van der Waals surface area contributed by atoms with E-state index in [4.69, 9.17) is 4.74 Å². The molecular formula is C18H25N3O5. The molecule has 2 rings (SSSR count). The first-order valence-electron chi connectivity index (χ1n) is 8.55. The molecule has 0 unspecified atom stereocenters. The lowest BCUT2D eigenvalue weighted by Crippen LogP contribution is -2.38. The van der Waals surface area contributed by atoms with E-state index in [1.807, 2.05) is 25.3 Å². The van der Waals surface area contributed by atoms with Gasteiger partial charge in [-0.05, 0) is 25.8 Å². The summed E-state index contributed by atoms with van der Waals surface area (Å²) in [6, 6.07) is 1.00. The zero-order valence-electron chi connectivity index (χ0n) is 15.9. The second-order valence-corrected chi connectivity index (χ2v) is 6.84. The number of amides is 4. The minimum absolute atomic E-state index is 0.0334. The van der Waals surface area contributed by atoms with Gasteiger partial charge in [0.1, 0.15) is 0 Å². The van der Waals surface area contributed by atoms with Gasteiger partial charge in [0.2, 0.25) is 0 Å². The zero-order valence-corrected chi connectivity index (χ0v) is 15.9. The number of ether oxygens (including phenoxy) is 1. The van der Waals surface area contributed by atoms with Gasteiger partial charge in [-0.15, -0.1) is 0 Å². The van der Waals surface area contributed by atoms with Crippen LogP contribution in [0.4, 0.5) is 4.79 Å². The molecule has 1 aliphatic rings. The average molecular weight is 363 g/mol. The Labute approximate surface area is 152 Å². The number of carbonyl (C=O) groups is 4. The molecule has 0 spiro atoms. The van der Waals surface area contributed by atoms with Crippen LogP contribution in [0.15, 0.2) is 6.07 Å².